The summed E-state index contributed by atoms with van der Waals surface area (Å²) in [5.74, 6) is -2.32. The molecule has 1 atom stereocenters. The van der Waals surface area contributed by atoms with Crippen molar-refractivity contribution in [2.45, 2.75) is 19.4 Å². The number of halogens is 2. The van der Waals surface area contributed by atoms with Gasteiger partial charge in [0.05, 0.1) is 0 Å². The van der Waals surface area contributed by atoms with Crippen molar-refractivity contribution in [3.8, 4) is 0 Å². The molecule has 0 aromatic heterocycles. The van der Waals surface area contributed by atoms with E-state index in [4.69, 9.17) is 16.7 Å². The highest BCUT2D eigenvalue weighted by Crippen LogP contribution is 2.20. The first-order chi connectivity index (χ1) is 7.91. The van der Waals surface area contributed by atoms with Crippen molar-refractivity contribution >= 4 is 23.5 Å². The van der Waals surface area contributed by atoms with Crippen LogP contribution in [-0.4, -0.2) is 23.0 Å². The van der Waals surface area contributed by atoms with Crippen molar-refractivity contribution in [3.05, 3.63) is 34.6 Å². The smallest absolute Gasteiger partial charge is 0.326 e. The molecule has 6 heteroatoms. The monoisotopic (exact) mass is 259 g/mol. The van der Waals surface area contributed by atoms with Gasteiger partial charge in [-0.25, -0.2) is 9.18 Å². The fraction of sp³-hybridized carbons (Fsp3) is 0.273. The van der Waals surface area contributed by atoms with E-state index < -0.39 is 23.7 Å². The van der Waals surface area contributed by atoms with Crippen LogP contribution in [0.1, 0.15) is 12.5 Å². The third kappa shape index (κ3) is 3.71. The Morgan fingerprint density at radius 1 is 1.53 bits per heavy atom. The first kappa shape index (κ1) is 13.4. The number of nitrogens with one attached hydrogen (secondary N) is 1. The van der Waals surface area contributed by atoms with Crippen LogP contribution in [0.3, 0.4) is 0 Å². The molecule has 4 nitrogen and oxygen atoms in total. The molecular formula is C11H11ClFNO3. The van der Waals surface area contributed by atoms with E-state index >= 15 is 0 Å². The molecule has 0 aliphatic heterocycles. The van der Waals surface area contributed by atoms with Crippen molar-refractivity contribution in [1.29, 1.82) is 0 Å². The molecule has 1 aromatic rings. The van der Waals surface area contributed by atoms with Gasteiger partial charge in [0, 0.05) is 23.9 Å². The second-order valence-corrected chi connectivity index (χ2v) is 3.90. The van der Waals surface area contributed by atoms with Gasteiger partial charge in [0.15, 0.2) is 0 Å². The number of benzene rings is 1. The molecule has 0 fully saturated rings. The predicted octanol–water partition coefficient (Wildman–Crippen LogP) is 1.61. The standard InChI is InChI=1S/C11H11ClFNO3/c1-6(15)14-10(11(16)17)5-7-8(12)3-2-4-9(7)13/h2-4,10H,5H2,1H3,(H,14,15)(H,16,17). The van der Waals surface area contributed by atoms with E-state index in [-0.39, 0.29) is 17.0 Å². The molecule has 1 rings (SSSR count). The summed E-state index contributed by atoms with van der Waals surface area (Å²) in [6.07, 6.45) is -0.194. The maximum atomic E-state index is 13.4. The Labute approximate surface area is 102 Å². The highest BCUT2D eigenvalue weighted by molar-refractivity contribution is 6.31. The van der Waals surface area contributed by atoms with Gasteiger partial charge in [-0.1, -0.05) is 17.7 Å². The van der Waals surface area contributed by atoms with Gasteiger partial charge >= 0.3 is 5.97 Å². The molecule has 0 saturated carbocycles. The fourth-order valence-corrected chi connectivity index (χ4v) is 1.62. The van der Waals surface area contributed by atoms with Crippen LogP contribution in [-0.2, 0) is 16.0 Å². The summed E-state index contributed by atoms with van der Waals surface area (Å²) in [7, 11) is 0. The maximum Gasteiger partial charge on any atom is 0.326 e. The fourth-order valence-electron chi connectivity index (χ4n) is 1.38. The van der Waals surface area contributed by atoms with Crippen LogP contribution in [0.4, 0.5) is 4.39 Å². The zero-order valence-corrected chi connectivity index (χ0v) is 9.79. The number of carbonyl (C=O) groups excluding carboxylic acids is 1. The third-order valence-electron chi connectivity index (χ3n) is 2.15. The molecule has 0 aliphatic carbocycles. The van der Waals surface area contributed by atoms with Crippen molar-refractivity contribution in [2.75, 3.05) is 0 Å². The normalized spacial score (nSPS) is 11.9. The Hall–Kier alpha value is -1.62. The molecule has 2 N–H and O–H groups in total. The summed E-state index contributed by atoms with van der Waals surface area (Å²) < 4.78 is 13.4. The van der Waals surface area contributed by atoms with Crippen LogP contribution in [0.15, 0.2) is 18.2 Å². The zero-order chi connectivity index (χ0) is 13.0. The van der Waals surface area contributed by atoms with Crippen molar-refractivity contribution < 1.29 is 19.1 Å². The van der Waals surface area contributed by atoms with Gasteiger partial charge in [-0.2, -0.15) is 0 Å². The number of rotatable bonds is 4. The van der Waals surface area contributed by atoms with E-state index in [1.165, 1.54) is 25.1 Å². The molecule has 0 aliphatic rings. The molecule has 1 unspecified atom stereocenters. The van der Waals surface area contributed by atoms with E-state index in [9.17, 15) is 14.0 Å². The lowest BCUT2D eigenvalue weighted by Gasteiger charge is -2.14. The van der Waals surface area contributed by atoms with Crippen molar-refractivity contribution in [2.24, 2.45) is 0 Å². The summed E-state index contributed by atoms with van der Waals surface area (Å²) in [6, 6.07) is 2.89. The Morgan fingerprint density at radius 3 is 2.65 bits per heavy atom. The van der Waals surface area contributed by atoms with Crippen molar-refractivity contribution in [1.82, 2.24) is 5.32 Å². The lowest BCUT2D eigenvalue weighted by Crippen LogP contribution is -2.41. The van der Waals surface area contributed by atoms with E-state index in [0.717, 1.165) is 0 Å². The Morgan fingerprint density at radius 2 is 2.18 bits per heavy atom. The van der Waals surface area contributed by atoms with Gasteiger partial charge in [-0.15, -0.1) is 0 Å². The third-order valence-corrected chi connectivity index (χ3v) is 2.50. The molecule has 0 radical (unpaired) electrons. The number of amides is 1. The van der Waals surface area contributed by atoms with Gasteiger partial charge in [-0.05, 0) is 12.1 Å². The largest absolute Gasteiger partial charge is 0.480 e. The summed E-state index contributed by atoms with van der Waals surface area (Å²) >= 11 is 5.77. The first-order valence-corrected chi connectivity index (χ1v) is 5.22. The lowest BCUT2D eigenvalue weighted by atomic mass is 10.1. The van der Waals surface area contributed by atoms with E-state index in [1.54, 1.807) is 0 Å². The predicted molar refractivity (Wildman–Crippen MR) is 60.4 cm³/mol. The summed E-state index contributed by atoms with van der Waals surface area (Å²) in [4.78, 5) is 21.7. The molecule has 0 saturated heterocycles. The number of carboxylic acids is 1. The SMILES string of the molecule is CC(=O)NC(Cc1c(F)cccc1Cl)C(=O)O. The molecule has 0 spiro atoms. The topological polar surface area (TPSA) is 66.4 Å². The van der Waals surface area contributed by atoms with Crippen LogP contribution in [0.5, 0.6) is 0 Å². The van der Waals surface area contributed by atoms with Gasteiger partial charge in [-0.3, -0.25) is 4.79 Å². The number of hydrogen-bond acceptors (Lipinski definition) is 2. The second-order valence-electron chi connectivity index (χ2n) is 3.50. The van der Waals surface area contributed by atoms with Crippen LogP contribution < -0.4 is 5.32 Å². The highest BCUT2D eigenvalue weighted by atomic mass is 35.5. The number of aliphatic carboxylic acids is 1. The minimum atomic E-state index is -1.24. The minimum Gasteiger partial charge on any atom is -0.480 e. The Bertz CT molecular complexity index is 430. The molecule has 1 aromatic carbocycles. The van der Waals surface area contributed by atoms with Crippen LogP contribution >= 0.6 is 11.6 Å². The summed E-state index contributed by atoms with van der Waals surface area (Å²) in [5.41, 5.74) is 0.0790. The molecule has 0 bridgehead atoms. The number of hydrogen-bond donors (Lipinski definition) is 2. The number of carbonyl (C=O) groups is 2. The number of carboxylic acid groups (broad SMARTS) is 1. The van der Waals surface area contributed by atoms with Crippen molar-refractivity contribution in [3.63, 3.8) is 0 Å². The Kier molecular flexibility index (Phi) is 4.45. The molecular weight excluding hydrogens is 249 g/mol. The van der Waals surface area contributed by atoms with E-state index in [1.807, 2.05) is 0 Å². The van der Waals surface area contributed by atoms with E-state index in [2.05, 4.69) is 5.32 Å². The van der Waals surface area contributed by atoms with Gasteiger partial charge in [0.2, 0.25) is 5.91 Å². The molecule has 92 valence electrons. The first-order valence-electron chi connectivity index (χ1n) is 4.84. The average molecular weight is 260 g/mol. The zero-order valence-electron chi connectivity index (χ0n) is 9.04. The average Bonchev–Trinajstić information content (AvgIpc) is 2.21. The summed E-state index contributed by atoms with van der Waals surface area (Å²) in [5, 5.41) is 11.2. The quantitative estimate of drug-likeness (QED) is 0.863. The Balaban J connectivity index is 2.93. The summed E-state index contributed by atoms with van der Waals surface area (Å²) in [6.45, 7) is 1.19. The van der Waals surface area contributed by atoms with Gasteiger partial charge < -0.3 is 10.4 Å². The van der Waals surface area contributed by atoms with E-state index in [0.29, 0.717) is 0 Å². The van der Waals surface area contributed by atoms with Gasteiger partial charge in [0.1, 0.15) is 11.9 Å². The van der Waals surface area contributed by atoms with Crippen LogP contribution in [0.2, 0.25) is 5.02 Å². The molecule has 0 heterocycles. The molecule has 17 heavy (non-hydrogen) atoms. The maximum absolute atomic E-state index is 13.4. The van der Waals surface area contributed by atoms with Crippen LogP contribution in [0.25, 0.3) is 0 Å². The highest BCUT2D eigenvalue weighted by Gasteiger charge is 2.21. The lowest BCUT2D eigenvalue weighted by molar-refractivity contribution is -0.141. The second kappa shape index (κ2) is 5.63. The molecule has 1 amide bonds. The van der Waals surface area contributed by atoms with Crippen LogP contribution in [0, 0.1) is 5.82 Å². The minimum absolute atomic E-state index is 0.0790. The van der Waals surface area contributed by atoms with Gasteiger partial charge in [0.25, 0.3) is 0 Å².